The van der Waals surface area contributed by atoms with Gasteiger partial charge in [0.1, 0.15) is 16.9 Å². The Bertz CT molecular complexity index is 1140. The first-order chi connectivity index (χ1) is 15.0. The monoisotopic (exact) mass is 437 g/mol. The lowest BCUT2D eigenvalue weighted by Gasteiger charge is -2.38. The second-order valence-electron chi connectivity index (χ2n) is 7.37. The van der Waals surface area contributed by atoms with E-state index < -0.39 is 0 Å². The van der Waals surface area contributed by atoms with Crippen LogP contribution in [0.25, 0.3) is 5.69 Å². The van der Waals surface area contributed by atoms with Gasteiger partial charge in [-0.3, -0.25) is 4.79 Å². The van der Waals surface area contributed by atoms with Crippen molar-refractivity contribution < 1.29 is 9.53 Å². The Hall–Kier alpha value is -3.51. The summed E-state index contributed by atoms with van der Waals surface area (Å²) in [6.45, 7) is 4.19. The topological polar surface area (TPSA) is 110 Å². The van der Waals surface area contributed by atoms with Crippen molar-refractivity contribution in [1.29, 1.82) is 5.26 Å². The smallest absolute Gasteiger partial charge is 0.258 e. The predicted octanol–water partition coefficient (Wildman–Crippen LogP) is 2.96. The molecule has 4 rings (SSSR count). The number of carbonyl (C=O) groups excluding carboxylic acids is 1. The van der Waals surface area contributed by atoms with Gasteiger partial charge in [-0.2, -0.15) is 20.3 Å². The molecule has 1 saturated heterocycles. The van der Waals surface area contributed by atoms with E-state index in [9.17, 15) is 10.1 Å². The third-order valence-corrected chi connectivity index (χ3v) is 5.58. The van der Waals surface area contributed by atoms with E-state index in [0.717, 1.165) is 12.8 Å². The Morgan fingerprint density at radius 3 is 2.77 bits per heavy atom. The summed E-state index contributed by atoms with van der Waals surface area (Å²) in [6.07, 6.45) is 7.35. The molecule has 4 heterocycles. The van der Waals surface area contributed by atoms with Crippen LogP contribution in [0.3, 0.4) is 0 Å². The number of hydrogen-bond donors (Lipinski definition) is 0. The molecule has 0 radical (unpaired) electrons. The van der Waals surface area contributed by atoms with Crippen molar-refractivity contribution in [2.75, 3.05) is 6.54 Å². The number of nitriles is 1. The molecule has 158 valence electrons. The lowest BCUT2D eigenvalue weighted by Crippen LogP contribution is -2.49. The molecule has 2 atom stereocenters. The molecule has 3 aromatic heterocycles. The first kappa shape index (κ1) is 20.8. The number of nitrogens with zero attached hydrogens (tertiary/aromatic N) is 7. The number of pyridine rings is 2. The van der Waals surface area contributed by atoms with Gasteiger partial charge in [-0.1, -0.05) is 11.6 Å². The van der Waals surface area contributed by atoms with Crippen molar-refractivity contribution in [1.82, 2.24) is 29.9 Å². The molecule has 10 heteroatoms. The van der Waals surface area contributed by atoms with Crippen LogP contribution in [0, 0.1) is 18.3 Å². The van der Waals surface area contributed by atoms with Crippen molar-refractivity contribution in [2.45, 2.75) is 38.8 Å². The molecule has 0 aromatic carbocycles. The van der Waals surface area contributed by atoms with E-state index in [2.05, 4.69) is 26.2 Å². The van der Waals surface area contributed by atoms with Gasteiger partial charge >= 0.3 is 0 Å². The normalized spacial score (nSPS) is 18.5. The largest absolute Gasteiger partial charge is 0.472 e. The highest BCUT2D eigenvalue weighted by Crippen LogP contribution is 2.27. The molecule has 0 bridgehead atoms. The highest BCUT2D eigenvalue weighted by molar-refractivity contribution is 6.29. The molecule has 0 aliphatic carbocycles. The second kappa shape index (κ2) is 8.70. The summed E-state index contributed by atoms with van der Waals surface area (Å²) in [6, 6.07) is 5.37. The maximum atomic E-state index is 13.5. The van der Waals surface area contributed by atoms with E-state index in [0.29, 0.717) is 34.8 Å². The maximum absolute atomic E-state index is 13.5. The van der Waals surface area contributed by atoms with Crippen LogP contribution in [0.2, 0.25) is 5.15 Å². The average molecular weight is 438 g/mol. The van der Waals surface area contributed by atoms with Crippen LogP contribution < -0.4 is 4.74 Å². The molecule has 1 aliphatic rings. The number of aromatic nitrogens is 5. The quantitative estimate of drug-likeness (QED) is 0.577. The Kier molecular flexibility index (Phi) is 5.82. The van der Waals surface area contributed by atoms with Gasteiger partial charge in [0.2, 0.25) is 5.88 Å². The number of ether oxygens (including phenoxy) is 1. The maximum Gasteiger partial charge on any atom is 0.258 e. The zero-order valence-corrected chi connectivity index (χ0v) is 17.8. The predicted molar refractivity (Wildman–Crippen MR) is 112 cm³/mol. The lowest BCUT2D eigenvalue weighted by molar-refractivity contribution is 0.0370. The van der Waals surface area contributed by atoms with Crippen LogP contribution in [0.1, 0.15) is 41.3 Å². The van der Waals surface area contributed by atoms with Gasteiger partial charge in [-0.05, 0) is 32.8 Å². The molecule has 0 spiro atoms. The summed E-state index contributed by atoms with van der Waals surface area (Å²) in [5.41, 5.74) is 2.03. The minimum Gasteiger partial charge on any atom is -0.472 e. The third kappa shape index (κ3) is 4.20. The van der Waals surface area contributed by atoms with Crippen molar-refractivity contribution in [2.24, 2.45) is 0 Å². The number of hydrogen-bond acceptors (Lipinski definition) is 7. The van der Waals surface area contributed by atoms with Crippen LogP contribution in [-0.2, 0) is 0 Å². The average Bonchev–Trinajstić information content (AvgIpc) is 3.31. The fourth-order valence-corrected chi connectivity index (χ4v) is 3.76. The zero-order valence-electron chi connectivity index (χ0n) is 17.1. The van der Waals surface area contributed by atoms with Crippen molar-refractivity contribution >= 4 is 17.5 Å². The summed E-state index contributed by atoms with van der Waals surface area (Å²) in [5, 5.41) is 17.7. The standard InChI is InChI=1S/C21H20ClN7O2/c1-13-3-4-16(31-20-14(2)15(10-23)5-6-24-20)12-28(13)21(30)17-11-25-19(22)9-18(17)29-26-7-8-27-29/h5-9,11,13,16H,3-4,12H2,1-2H3/t13-,16-/m1/s1. The van der Waals surface area contributed by atoms with Gasteiger partial charge in [0, 0.05) is 30.1 Å². The Labute approximate surface area is 184 Å². The summed E-state index contributed by atoms with van der Waals surface area (Å²) in [7, 11) is 0. The highest BCUT2D eigenvalue weighted by Gasteiger charge is 2.33. The van der Waals surface area contributed by atoms with Gasteiger partial charge in [-0.15, -0.1) is 0 Å². The van der Waals surface area contributed by atoms with Crippen molar-refractivity contribution in [3.63, 3.8) is 0 Å². The minimum absolute atomic E-state index is 0.0148. The van der Waals surface area contributed by atoms with Crippen LogP contribution in [0.4, 0.5) is 0 Å². The van der Waals surface area contributed by atoms with Gasteiger partial charge in [0.25, 0.3) is 5.91 Å². The van der Waals surface area contributed by atoms with E-state index >= 15 is 0 Å². The summed E-state index contributed by atoms with van der Waals surface area (Å²) < 4.78 is 6.09. The number of rotatable bonds is 4. The summed E-state index contributed by atoms with van der Waals surface area (Å²) in [4.78, 5) is 24.9. The molecular weight excluding hydrogens is 418 g/mol. The number of likely N-dealkylation sites (tertiary alicyclic amines) is 1. The van der Waals surface area contributed by atoms with Gasteiger partial charge < -0.3 is 9.64 Å². The van der Waals surface area contributed by atoms with E-state index in [1.54, 1.807) is 30.2 Å². The zero-order chi connectivity index (χ0) is 22.0. The first-order valence-corrected chi connectivity index (χ1v) is 10.2. The van der Waals surface area contributed by atoms with Crippen molar-refractivity contribution in [3.05, 3.63) is 58.8 Å². The van der Waals surface area contributed by atoms with E-state index in [-0.39, 0.29) is 23.2 Å². The number of halogens is 1. The summed E-state index contributed by atoms with van der Waals surface area (Å²) in [5.74, 6) is 0.216. The van der Waals surface area contributed by atoms with Crippen LogP contribution >= 0.6 is 11.6 Å². The SMILES string of the molecule is Cc1c(C#N)ccnc1O[C@@H]1CC[C@@H](C)N(C(=O)c2cnc(Cl)cc2-n2nccn2)C1. The lowest BCUT2D eigenvalue weighted by atomic mass is 10.00. The molecule has 0 saturated carbocycles. The molecule has 1 fully saturated rings. The third-order valence-electron chi connectivity index (χ3n) is 5.37. The molecule has 31 heavy (non-hydrogen) atoms. The molecule has 3 aromatic rings. The molecular formula is C21H20ClN7O2. The van der Waals surface area contributed by atoms with E-state index in [1.807, 2.05) is 6.92 Å². The Morgan fingerprint density at radius 1 is 1.26 bits per heavy atom. The fraction of sp³-hybridized carbons (Fsp3) is 0.333. The van der Waals surface area contributed by atoms with Crippen LogP contribution in [0.15, 0.2) is 36.9 Å². The van der Waals surface area contributed by atoms with Gasteiger partial charge in [0.05, 0.1) is 36.1 Å². The van der Waals surface area contributed by atoms with Gasteiger partial charge in [0.15, 0.2) is 0 Å². The van der Waals surface area contributed by atoms with E-state index in [1.165, 1.54) is 23.4 Å². The molecule has 1 amide bonds. The van der Waals surface area contributed by atoms with E-state index in [4.69, 9.17) is 16.3 Å². The summed E-state index contributed by atoms with van der Waals surface area (Å²) >= 11 is 6.05. The highest BCUT2D eigenvalue weighted by atomic mass is 35.5. The Balaban J connectivity index is 1.59. The first-order valence-electron chi connectivity index (χ1n) is 9.83. The molecule has 0 N–H and O–H groups in total. The second-order valence-corrected chi connectivity index (χ2v) is 7.75. The molecule has 9 nitrogen and oxygen atoms in total. The molecule has 1 aliphatic heterocycles. The number of carbonyl (C=O) groups is 1. The number of amides is 1. The number of piperidine rings is 1. The minimum atomic E-state index is -0.244. The fourth-order valence-electron chi connectivity index (χ4n) is 3.61. The molecule has 0 unspecified atom stereocenters. The Morgan fingerprint density at radius 2 is 2.03 bits per heavy atom. The van der Waals surface area contributed by atoms with Crippen LogP contribution in [0.5, 0.6) is 5.88 Å². The van der Waals surface area contributed by atoms with Crippen LogP contribution in [-0.4, -0.2) is 54.5 Å². The van der Waals surface area contributed by atoms with Crippen molar-refractivity contribution in [3.8, 4) is 17.6 Å². The van der Waals surface area contributed by atoms with Gasteiger partial charge in [-0.25, -0.2) is 9.97 Å².